The van der Waals surface area contributed by atoms with Crippen molar-refractivity contribution >= 4 is 21.4 Å². The molecule has 0 aliphatic carbocycles. The van der Waals surface area contributed by atoms with E-state index in [1.807, 2.05) is 0 Å². The van der Waals surface area contributed by atoms with Gasteiger partial charge in [-0.1, -0.05) is 0 Å². The van der Waals surface area contributed by atoms with Crippen LogP contribution in [0.2, 0.25) is 0 Å². The molecule has 0 radical (unpaired) electrons. The van der Waals surface area contributed by atoms with E-state index < -0.39 is 14.5 Å². The number of hydrogen-bond acceptors (Lipinski definition) is 2. The minimum Gasteiger partial charge on any atom is -0.227 e. The molecule has 0 spiro atoms. The van der Waals surface area contributed by atoms with Crippen molar-refractivity contribution in [3.05, 3.63) is 0 Å². The normalized spacial score (nSPS) is 39.2. The standard InChI is InChI=1S/C2H3ClO2S/c3-2-1-6(2,4)5/h2H,1H2. The zero-order valence-electron chi connectivity index (χ0n) is 2.89. The summed E-state index contributed by atoms with van der Waals surface area (Å²) in [4.78, 5) is 0. The second kappa shape index (κ2) is 0.898. The van der Waals surface area contributed by atoms with Gasteiger partial charge in [0.15, 0.2) is 9.84 Å². The predicted molar refractivity (Wildman–Crippen MR) is 23.4 cm³/mol. The summed E-state index contributed by atoms with van der Waals surface area (Å²) in [5.41, 5.74) is 0. The van der Waals surface area contributed by atoms with E-state index in [1.165, 1.54) is 0 Å². The molecular weight excluding hydrogens is 124 g/mol. The fraction of sp³-hybridized carbons (Fsp3) is 1.00. The molecule has 1 atom stereocenters. The van der Waals surface area contributed by atoms with Crippen LogP contribution in [-0.2, 0) is 9.84 Å². The maximum absolute atomic E-state index is 9.94. The van der Waals surface area contributed by atoms with Crippen LogP contribution < -0.4 is 0 Å². The lowest BCUT2D eigenvalue weighted by Crippen LogP contribution is -1.69. The summed E-state index contributed by atoms with van der Waals surface area (Å²) >= 11 is 5.09. The lowest BCUT2D eigenvalue weighted by Gasteiger charge is -1.56. The molecule has 0 aromatic heterocycles. The summed E-state index contributed by atoms with van der Waals surface area (Å²) < 4.78 is 19.3. The highest BCUT2D eigenvalue weighted by Crippen LogP contribution is 2.24. The van der Waals surface area contributed by atoms with Crippen LogP contribution in [0.4, 0.5) is 0 Å². The third-order valence-electron chi connectivity index (χ3n) is 0.638. The first-order valence-corrected chi connectivity index (χ1v) is 3.64. The molecule has 6 heavy (non-hydrogen) atoms. The van der Waals surface area contributed by atoms with Gasteiger partial charge >= 0.3 is 0 Å². The van der Waals surface area contributed by atoms with Crippen molar-refractivity contribution in [1.82, 2.24) is 0 Å². The molecule has 1 saturated heterocycles. The van der Waals surface area contributed by atoms with Crippen LogP contribution in [0.1, 0.15) is 0 Å². The van der Waals surface area contributed by atoms with Gasteiger partial charge in [-0.2, -0.15) is 0 Å². The molecule has 0 aromatic rings. The fourth-order valence-electron chi connectivity index (χ4n) is 0.143. The molecule has 0 amide bonds. The third-order valence-corrected chi connectivity index (χ3v) is 3.11. The number of halogens is 1. The monoisotopic (exact) mass is 126 g/mol. The Kier molecular flexibility index (Phi) is 0.659. The van der Waals surface area contributed by atoms with Crippen molar-refractivity contribution in [3.63, 3.8) is 0 Å². The van der Waals surface area contributed by atoms with Crippen molar-refractivity contribution in [1.29, 1.82) is 0 Å². The Balaban J connectivity index is 2.92. The van der Waals surface area contributed by atoms with Crippen LogP contribution in [0.5, 0.6) is 0 Å². The van der Waals surface area contributed by atoms with Gasteiger partial charge in [0.05, 0.1) is 5.75 Å². The molecule has 0 bridgehead atoms. The average molecular weight is 127 g/mol. The van der Waals surface area contributed by atoms with Crippen LogP contribution in [0, 0.1) is 0 Å². The van der Waals surface area contributed by atoms with Crippen LogP contribution in [0.25, 0.3) is 0 Å². The van der Waals surface area contributed by atoms with Gasteiger partial charge < -0.3 is 0 Å². The molecule has 4 heteroatoms. The third kappa shape index (κ3) is 0.521. The first-order chi connectivity index (χ1) is 2.63. The number of hydrogen-bond donors (Lipinski definition) is 0. The highest BCUT2D eigenvalue weighted by atomic mass is 35.5. The Hall–Kier alpha value is 0.240. The summed E-state index contributed by atoms with van der Waals surface area (Å²) in [6, 6.07) is 0. The molecule has 0 saturated carbocycles. The van der Waals surface area contributed by atoms with Gasteiger partial charge in [-0.3, -0.25) is 0 Å². The van der Waals surface area contributed by atoms with Crippen LogP contribution in [-0.4, -0.2) is 18.9 Å². The molecular formula is C2H3ClO2S. The number of rotatable bonds is 0. The lowest BCUT2D eigenvalue weighted by molar-refractivity contribution is 0.614. The minimum atomic E-state index is -2.73. The summed E-state index contributed by atoms with van der Waals surface area (Å²) in [6.07, 6.45) is 0. The Bertz CT molecular complexity index is 147. The molecule has 1 rings (SSSR count). The zero-order chi connectivity index (χ0) is 4.78. The highest BCUT2D eigenvalue weighted by Gasteiger charge is 2.41. The Morgan fingerprint density at radius 3 is 1.83 bits per heavy atom. The minimum absolute atomic E-state index is 0.175. The van der Waals surface area contributed by atoms with Crippen molar-refractivity contribution in [3.8, 4) is 0 Å². The van der Waals surface area contributed by atoms with Gasteiger partial charge in [0.1, 0.15) is 4.71 Å². The van der Waals surface area contributed by atoms with Crippen molar-refractivity contribution in [2.24, 2.45) is 0 Å². The molecule has 1 fully saturated rings. The van der Waals surface area contributed by atoms with E-state index in [9.17, 15) is 8.42 Å². The molecule has 0 aromatic carbocycles. The van der Waals surface area contributed by atoms with Gasteiger partial charge in [0, 0.05) is 0 Å². The quantitative estimate of drug-likeness (QED) is 0.338. The van der Waals surface area contributed by atoms with Crippen LogP contribution in [0.15, 0.2) is 0 Å². The Morgan fingerprint density at radius 2 is 1.83 bits per heavy atom. The zero-order valence-corrected chi connectivity index (χ0v) is 4.46. The molecule has 1 unspecified atom stereocenters. The number of alkyl halides is 1. The molecule has 1 aliphatic rings. The van der Waals surface area contributed by atoms with Gasteiger partial charge in [-0.15, -0.1) is 11.6 Å². The van der Waals surface area contributed by atoms with Crippen molar-refractivity contribution in [2.45, 2.75) is 4.71 Å². The fourth-order valence-corrected chi connectivity index (χ4v) is 1.29. The van der Waals surface area contributed by atoms with Crippen LogP contribution in [0.3, 0.4) is 0 Å². The van der Waals surface area contributed by atoms with Gasteiger partial charge in [-0.05, 0) is 0 Å². The maximum Gasteiger partial charge on any atom is 0.170 e. The summed E-state index contributed by atoms with van der Waals surface area (Å²) in [6.45, 7) is 0. The maximum atomic E-state index is 9.94. The molecule has 1 heterocycles. The van der Waals surface area contributed by atoms with E-state index >= 15 is 0 Å². The van der Waals surface area contributed by atoms with E-state index in [2.05, 4.69) is 0 Å². The van der Waals surface area contributed by atoms with E-state index in [0.29, 0.717) is 0 Å². The molecule has 1 aliphatic heterocycles. The predicted octanol–water partition coefficient (Wildman–Crippen LogP) is -0.0203. The number of sulfone groups is 1. The first-order valence-electron chi connectivity index (χ1n) is 1.48. The van der Waals surface area contributed by atoms with E-state index in [4.69, 9.17) is 11.6 Å². The summed E-state index contributed by atoms with van der Waals surface area (Å²) in [7, 11) is -2.73. The lowest BCUT2D eigenvalue weighted by atomic mass is 11.0. The van der Waals surface area contributed by atoms with Gasteiger partial charge in [0.2, 0.25) is 0 Å². The van der Waals surface area contributed by atoms with Gasteiger partial charge in [-0.25, -0.2) is 8.42 Å². The highest BCUT2D eigenvalue weighted by molar-refractivity contribution is 8.00. The molecule has 36 valence electrons. The second-order valence-electron chi connectivity index (χ2n) is 1.24. The van der Waals surface area contributed by atoms with E-state index in [1.54, 1.807) is 0 Å². The largest absolute Gasteiger partial charge is 0.227 e. The molecule has 2 nitrogen and oxygen atoms in total. The van der Waals surface area contributed by atoms with Crippen LogP contribution >= 0.6 is 11.6 Å². The first kappa shape index (κ1) is 4.40. The molecule has 0 N–H and O–H groups in total. The Labute approximate surface area is 41.0 Å². The van der Waals surface area contributed by atoms with E-state index in [-0.39, 0.29) is 5.75 Å². The van der Waals surface area contributed by atoms with E-state index in [0.717, 1.165) is 0 Å². The van der Waals surface area contributed by atoms with Crippen molar-refractivity contribution in [2.75, 3.05) is 5.75 Å². The van der Waals surface area contributed by atoms with Gasteiger partial charge in [0.25, 0.3) is 0 Å². The Morgan fingerprint density at radius 1 is 1.67 bits per heavy atom. The summed E-state index contributed by atoms with van der Waals surface area (Å²) in [5, 5.41) is 0. The smallest absolute Gasteiger partial charge is 0.170 e. The second-order valence-corrected chi connectivity index (χ2v) is 4.25. The van der Waals surface area contributed by atoms with Crippen molar-refractivity contribution < 1.29 is 8.42 Å². The topological polar surface area (TPSA) is 34.1 Å². The average Bonchev–Trinajstić information content (AvgIpc) is 1.73. The SMILES string of the molecule is O=S1(=O)CC1Cl. The summed E-state index contributed by atoms with van der Waals surface area (Å²) in [5.74, 6) is 0.175.